The minimum absolute atomic E-state index is 0.0916. The molecule has 0 heterocycles. The van der Waals surface area contributed by atoms with Gasteiger partial charge in [0, 0.05) is 26.2 Å². The second kappa shape index (κ2) is 7.89. The fraction of sp³-hybridized carbons (Fsp3) is 0.818. The van der Waals surface area contributed by atoms with Crippen LogP contribution in [0.3, 0.4) is 0 Å². The van der Waals surface area contributed by atoms with Gasteiger partial charge in [-0.1, -0.05) is 6.92 Å². The van der Waals surface area contributed by atoms with Crippen LogP contribution in [0.1, 0.15) is 20.8 Å². The highest BCUT2D eigenvalue weighted by molar-refractivity contribution is 5.76. The van der Waals surface area contributed by atoms with Crippen LogP contribution in [0.5, 0.6) is 0 Å². The number of urea groups is 1. The molecular formula is C11H22N2O4. The number of rotatable bonds is 7. The van der Waals surface area contributed by atoms with E-state index in [-0.39, 0.29) is 25.7 Å². The van der Waals surface area contributed by atoms with E-state index < -0.39 is 11.9 Å². The molecule has 2 N–H and O–H groups in total. The molecule has 17 heavy (non-hydrogen) atoms. The molecule has 0 saturated heterocycles. The monoisotopic (exact) mass is 246 g/mol. The third kappa shape index (κ3) is 5.04. The van der Waals surface area contributed by atoms with Gasteiger partial charge in [-0.2, -0.15) is 0 Å². The van der Waals surface area contributed by atoms with Crippen molar-refractivity contribution in [1.29, 1.82) is 0 Å². The van der Waals surface area contributed by atoms with Gasteiger partial charge in [0.15, 0.2) is 0 Å². The van der Waals surface area contributed by atoms with Crippen molar-refractivity contribution < 1.29 is 19.8 Å². The van der Waals surface area contributed by atoms with Crippen LogP contribution >= 0.6 is 0 Å². The highest BCUT2D eigenvalue weighted by atomic mass is 16.4. The van der Waals surface area contributed by atoms with Crippen LogP contribution in [0.2, 0.25) is 0 Å². The van der Waals surface area contributed by atoms with E-state index in [9.17, 15) is 9.59 Å². The van der Waals surface area contributed by atoms with Gasteiger partial charge in [0.05, 0.1) is 12.5 Å². The first-order chi connectivity index (χ1) is 7.97. The number of carboxylic acid groups (broad SMARTS) is 1. The first-order valence-corrected chi connectivity index (χ1v) is 5.85. The van der Waals surface area contributed by atoms with E-state index in [0.717, 1.165) is 0 Å². The number of carboxylic acids is 1. The average molecular weight is 246 g/mol. The zero-order chi connectivity index (χ0) is 13.4. The minimum Gasteiger partial charge on any atom is -0.481 e. The van der Waals surface area contributed by atoms with E-state index >= 15 is 0 Å². The van der Waals surface area contributed by atoms with Crippen LogP contribution < -0.4 is 0 Å². The lowest BCUT2D eigenvalue weighted by atomic mass is 10.2. The molecule has 0 rings (SSSR count). The fourth-order valence-corrected chi connectivity index (χ4v) is 1.46. The van der Waals surface area contributed by atoms with E-state index in [1.807, 2.05) is 6.92 Å². The van der Waals surface area contributed by atoms with E-state index in [0.29, 0.717) is 13.1 Å². The standard InChI is InChI=1S/C11H22N2O4/c1-4-12(6-7-14)11(17)13(5-2)8-9(3)10(15)16/h9,14H,4-8H2,1-3H3,(H,15,16). The van der Waals surface area contributed by atoms with E-state index in [2.05, 4.69) is 0 Å². The summed E-state index contributed by atoms with van der Waals surface area (Å²) >= 11 is 0. The molecule has 0 bridgehead atoms. The number of aliphatic hydroxyl groups excluding tert-OH is 1. The number of likely N-dealkylation sites (N-methyl/N-ethyl adjacent to an activating group) is 1. The number of hydrogen-bond acceptors (Lipinski definition) is 3. The number of nitrogens with zero attached hydrogens (tertiary/aromatic N) is 2. The molecule has 0 aromatic carbocycles. The van der Waals surface area contributed by atoms with E-state index in [1.54, 1.807) is 13.8 Å². The van der Waals surface area contributed by atoms with Crippen LogP contribution in [-0.2, 0) is 4.79 Å². The first kappa shape index (κ1) is 15.7. The second-order valence-electron chi connectivity index (χ2n) is 3.86. The summed E-state index contributed by atoms with van der Waals surface area (Å²) < 4.78 is 0. The quantitative estimate of drug-likeness (QED) is 0.684. The molecule has 2 amide bonds. The molecule has 1 unspecified atom stereocenters. The summed E-state index contributed by atoms with van der Waals surface area (Å²) in [6, 6.07) is -0.225. The van der Waals surface area contributed by atoms with Gasteiger partial charge in [-0.25, -0.2) is 4.79 Å². The van der Waals surface area contributed by atoms with Crippen LogP contribution in [0.4, 0.5) is 4.79 Å². The number of amides is 2. The second-order valence-corrected chi connectivity index (χ2v) is 3.86. The summed E-state index contributed by atoms with van der Waals surface area (Å²) in [5.41, 5.74) is 0. The minimum atomic E-state index is -0.915. The number of aliphatic hydroxyl groups is 1. The molecule has 0 radical (unpaired) electrons. The Morgan fingerprint density at radius 1 is 1.18 bits per heavy atom. The van der Waals surface area contributed by atoms with Crippen molar-refractivity contribution in [2.75, 3.05) is 32.8 Å². The summed E-state index contributed by atoms with van der Waals surface area (Å²) in [6.45, 7) is 6.52. The zero-order valence-electron chi connectivity index (χ0n) is 10.7. The third-order valence-corrected chi connectivity index (χ3v) is 2.59. The molecule has 0 fully saturated rings. The lowest BCUT2D eigenvalue weighted by molar-refractivity contribution is -0.141. The summed E-state index contributed by atoms with van der Waals surface area (Å²) in [4.78, 5) is 25.7. The van der Waals surface area contributed by atoms with Crippen LogP contribution in [0.25, 0.3) is 0 Å². The Bertz CT molecular complexity index is 258. The highest BCUT2D eigenvalue weighted by Gasteiger charge is 2.22. The van der Waals surface area contributed by atoms with Crippen molar-refractivity contribution in [3.8, 4) is 0 Å². The van der Waals surface area contributed by atoms with Crippen molar-refractivity contribution in [3.63, 3.8) is 0 Å². The molecule has 0 aromatic heterocycles. The average Bonchev–Trinajstić information content (AvgIpc) is 2.31. The SMILES string of the molecule is CCN(CCO)C(=O)N(CC)CC(C)C(=O)O. The Morgan fingerprint density at radius 2 is 1.71 bits per heavy atom. The van der Waals surface area contributed by atoms with E-state index in [4.69, 9.17) is 10.2 Å². The van der Waals surface area contributed by atoms with Crippen LogP contribution in [-0.4, -0.2) is 64.8 Å². The maximum absolute atomic E-state index is 12.0. The van der Waals surface area contributed by atoms with Crippen molar-refractivity contribution in [2.45, 2.75) is 20.8 Å². The summed E-state index contributed by atoms with van der Waals surface area (Å²) in [5.74, 6) is -1.51. The normalized spacial score (nSPS) is 12.0. The smallest absolute Gasteiger partial charge is 0.320 e. The maximum Gasteiger partial charge on any atom is 0.320 e. The Hall–Kier alpha value is -1.30. The summed E-state index contributed by atoms with van der Waals surface area (Å²) in [7, 11) is 0. The van der Waals surface area contributed by atoms with Gasteiger partial charge in [0.25, 0.3) is 0 Å². The molecule has 1 atom stereocenters. The van der Waals surface area contributed by atoms with Crippen LogP contribution in [0.15, 0.2) is 0 Å². The molecule has 0 aliphatic heterocycles. The Morgan fingerprint density at radius 3 is 2.06 bits per heavy atom. The lowest BCUT2D eigenvalue weighted by Gasteiger charge is -2.29. The summed E-state index contributed by atoms with van der Waals surface area (Å²) in [5, 5.41) is 17.7. The number of carbonyl (C=O) groups excluding carboxylic acids is 1. The van der Waals surface area contributed by atoms with Crippen molar-refractivity contribution in [1.82, 2.24) is 9.80 Å². The summed E-state index contributed by atoms with van der Waals surface area (Å²) in [6.07, 6.45) is 0. The van der Waals surface area contributed by atoms with Gasteiger partial charge < -0.3 is 20.0 Å². The van der Waals surface area contributed by atoms with Crippen molar-refractivity contribution in [2.24, 2.45) is 5.92 Å². The lowest BCUT2D eigenvalue weighted by Crippen LogP contribution is -2.46. The van der Waals surface area contributed by atoms with Gasteiger partial charge >= 0.3 is 12.0 Å². The Kier molecular flexibility index (Phi) is 7.29. The van der Waals surface area contributed by atoms with Gasteiger partial charge in [0.1, 0.15) is 0 Å². The van der Waals surface area contributed by atoms with Crippen molar-refractivity contribution in [3.05, 3.63) is 0 Å². The van der Waals surface area contributed by atoms with E-state index in [1.165, 1.54) is 9.80 Å². The zero-order valence-corrected chi connectivity index (χ0v) is 10.7. The highest BCUT2D eigenvalue weighted by Crippen LogP contribution is 2.04. The molecule has 0 spiro atoms. The number of aliphatic carboxylic acids is 1. The molecular weight excluding hydrogens is 224 g/mol. The Balaban J connectivity index is 4.52. The van der Waals surface area contributed by atoms with Crippen molar-refractivity contribution >= 4 is 12.0 Å². The Labute approximate surface area is 102 Å². The van der Waals surface area contributed by atoms with Gasteiger partial charge in [-0.3, -0.25) is 4.79 Å². The number of hydrogen-bond donors (Lipinski definition) is 2. The number of carbonyl (C=O) groups is 2. The molecule has 0 saturated carbocycles. The molecule has 6 heteroatoms. The van der Waals surface area contributed by atoms with Crippen LogP contribution in [0, 0.1) is 5.92 Å². The van der Waals surface area contributed by atoms with Gasteiger partial charge in [0.2, 0.25) is 0 Å². The molecule has 0 aliphatic carbocycles. The van der Waals surface area contributed by atoms with Gasteiger partial charge in [-0.15, -0.1) is 0 Å². The largest absolute Gasteiger partial charge is 0.481 e. The molecule has 6 nitrogen and oxygen atoms in total. The molecule has 100 valence electrons. The maximum atomic E-state index is 12.0. The molecule has 0 aromatic rings. The first-order valence-electron chi connectivity index (χ1n) is 5.85. The predicted molar refractivity (Wildman–Crippen MR) is 63.8 cm³/mol. The van der Waals surface area contributed by atoms with Gasteiger partial charge in [-0.05, 0) is 13.8 Å². The predicted octanol–water partition coefficient (Wildman–Crippen LogP) is 0.463. The molecule has 0 aliphatic rings. The third-order valence-electron chi connectivity index (χ3n) is 2.59. The topological polar surface area (TPSA) is 81.1 Å². The fourth-order valence-electron chi connectivity index (χ4n) is 1.46.